The molecule has 0 unspecified atom stereocenters. The van der Waals surface area contributed by atoms with Crippen molar-refractivity contribution in [3.8, 4) is 11.5 Å². The quantitative estimate of drug-likeness (QED) is 0.266. The number of nitrogens with zero attached hydrogens (tertiary/aromatic N) is 1. The molecule has 0 radical (unpaired) electrons. The number of thioether (sulfide) groups is 1. The van der Waals surface area contributed by atoms with Crippen LogP contribution in [0.5, 0.6) is 11.5 Å². The van der Waals surface area contributed by atoms with E-state index in [2.05, 4.69) is 15.9 Å². The second-order valence-electron chi connectivity index (χ2n) is 7.30. The van der Waals surface area contributed by atoms with Gasteiger partial charge in [-0.15, -0.1) is 0 Å². The minimum Gasteiger partial charge on any atom is -0.493 e. The summed E-state index contributed by atoms with van der Waals surface area (Å²) in [5, 5.41) is -0.388. The molecule has 35 heavy (non-hydrogen) atoms. The molecular weight excluding hydrogens is 561 g/mol. The van der Waals surface area contributed by atoms with Crippen molar-refractivity contribution in [2.24, 2.45) is 0 Å². The molecule has 4 rings (SSSR count). The molecule has 0 bridgehead atoms. The van der Waals surface area contributed by atoms with E-state index in [1.165, 1.54) is 31.4 Å². The topological polar surface area (TPSA) is 90.0 Å². The fourth-order valence-corrected chi connectivity index (χ4v) is 5.21. The largest absolute Gasteiger partial charge is 0.493 e. The Kier molecular flexibility index (Phi) is 7.29. The average Bonchev–Trinajstić information content (AvgIpc) is 3.08. The lowest BCUT2D eigenvalue weighted by Crippen LogP contribution is -2.27. The first kappa shape index (κ1) is 25.0. The van der Waals surface area contributed by atoms with Crippen molar-refractivity contribution in [3.63, 3.8) is 0 Å². The number of carbonyl (C=O) groups excluding carboxylic acids is 2. The number of methoxy groups -OCH3 is 1. The standard InChI is InChI=1S/C24H17BrFNO6S2/c1-32-21-12-16(4-11-20(21)33-35(30,31)19-9-7-18(26)8-10-19)13-22-23(28)27(24(29)34-22)14-15-2-5-17(25)6-3-15/h2-13H,14H2,1H3/b22-13-. The smallest absolute Gasteiger partial charge is 0.339 e. The third-order valence-electron chi connectivity index (χ3n) is 4.91. The van der Waals surface area contributed by atoms with Crippen molar-refractivity contribution in [2.75, 3.05) is 7.11 Å². The molecule has 0 spiro atoms. The Morgan fingerprint density at radius 1 is 1.00 bits per heavy atom. The van der Waals surface area contributed by atoms with E-state index in [-0.39, 0.29) is 33.1 Å². The highest BCUT2D eigenvalue weighted by molar-refractivity contribution is 9.10. The maximum Gasteiger partial charge on any atom is 0.339 e. The molecule has 1 fully saturated rings. The van der Waals surface area contributed by atoms with E-state index < -0.39 is 21.8 Å². The molecule has 0 aromatic heterocycles. The lowest BCUT2D eigenvalue weighted by molar-refractivity contribution is -0.123. The van der Waals surface area contributed by atoms with Crippen molar-refractivity contribution >= 4 is 55.0 Å². The molecule has 0 N–H and O–H groups in total. The van der Waals surface area contributed by atoms with E-state index in [4.69, 9.17) is 8.92 Å². The van der Waals surface area contributed by atoms with Gasteiger partial charge in [-0.05, 0) is 77.5 Å². The van der Waals surface area contributed by atoms with E-state index in [0.717, 1.165) is 51.0 Å². The van der Waals surface area contributed by atoms with Gasteiger partial charge in [-0.25, -0.2) is 4.39 Å². The predicted molar refractivity (Wildman–Crippen MR) is 133 cm³/mol. The minimum atomic E-state index is -4.23. The molecule has 0 saturated carbocycles. The first-order chi connectivity index (χ1) is 16.7. The van der Waals surface area contributed by atoms with E-state index in [9.17, 15) is 22.4 Å². The highest BCUT2D eigenvalue weighted by atomic mass is 79.9. The average molecular weight is 578 g/mol. The van der Waals surface area contributed by atoms with E-state index >= 15 is 0 Å². The maximum absolute atomic E-state index is 13.1. The zero-order valence-electron chi connectivity index (χ0n) is 18.1. The van der Waals surface area contributed by atoms with Crippen LogP contribution in [0.25, 0.3) is 6.08 Å². The van der Waals surface area contributed by atoms with Crippen LogP contribution >= 0.6 is 27.7 Å². The van der Waals surface area contributed by atoms with Crippen molar-refractivity contribution in [1.82, 2.24) is 4.90 Å². The van der Waals surface area contributed by atoms with Gasteiger partial charge in [-0.3, -0.25) is 14.5 Å². The third kappa shape index (κ3) is 5.75. The second kappa shape index (κ2) is 10.2. The lowest BCUT2D eigenvalue weighted by atomic mass is 10.1. The number of carbonyl (C=O) groups is 2. The van der Waals surface area contributed by atoms with Gasteiger partial charge >= 0.3 is 10.1 Å². The van der Waals surface area contributed by atoms with Gasteiger partial charge in [0.1, 0.15) is 10.7 Å². The summed E-state index contributed by atoms with van der Waals surface area (Å²) in [7, 11) is -2.89. The van der Waals surface area contributed by atoms with Crippen LogP contribution in [0, 0.1) is 5.82 Å². The third-order valence-corrected chi connectivity index (χ3v) is 7.60. The number of hydrogen-bond donors (Lipinski definition) is 0. The maximum atomic E-state index is 13.1. The molecular formula is C24H17BrFNO6S2. The fraction of sp³-hybridized carbons (Fsp3) is 0.0833. The van der Waals surface area contributed by atoms with E-state index in [1.807, 2.05) is 24.3 Å². The van der Waals surface area contributed by atoms with Gasteiger partial charge in [-0.2, -0.15) is 8.42 Å². The van der Waals surface area contributed by atoms with Crippen LogP contribution in [0.4, 0.5) is 9.18 Å². The first-order valence-electron chi connectivity index (χ1n) is 10.0. The molecule has 0 aliphatic carbocycles. The van der Waals surface area contributed by atoms with Crippen LogP contribution in [0.2, 0.25) is 0 Å². The van der Waals surface area contributed by atoms with Crippen LogP contribution in [0.15, 0.2) is 81.0 Å². The van der Waals surface area contributed by atoms with Gasteiger partial charge in [0.15, 0.2) is 11.5 Å². The van der Waals surface area contributed by atoms with Crippen molar-refractivity contribution < 1.29 is 31.3 Å². The molecule has 7 nitrogen and oxygen atoms in total. The molecule has 3 aromatic carbocycles. The molecule has 1 heterocycles. The first-order valence-corrected chi connectivity index (χ1v) is 13.1. The summed E-state index contributed by atoms with van der Waals surface area (Å²) in [6, 6.07) is 15.9. The summed E-state index contributed by atoms with van der Waals surface area (Å²) in [6.07, 6.45) is 1.52. The molecule has 1 aliphatic heterocycles. The SMILES string of the molecule is COc1cc(/C=C2\SC(=O)N(Cc3ccc(Br)cc3)C2=O)ccc1OS(=O)(=O)c1ccc(F)cc1. The molecule has 3 aromatic rings. The minimum absolute atomic E-state index is 0.0858. The molecule has 2 amide bonds. The Morgan fingerprint density at radius 3 is 2.34 bits per heavy atom. The Bertz CT molecular complexity index is 1420. The van der Waals surface area contributed by atoms with E-state index in [1.54, 1.807) is 0 Å². The Hall–Kier alpha value is -3.15. The summed E-state index contributed by atoms with van der Waals surface area (Å²) in [4.78, 5) is 26.4. The summed E-state index contributed by atoms with van der Waals surface area (Å²) >= 11 is 4.16. The molecule has 1 aliphatic rings. The van der Waals surface area contributed by atoms with Crippen LogP contribution < -0.4 is 8.92 Å². The molecule has 1 saturated heterocycles. The summed E-state index contributed by atoms with van der Waals surface area (Å²) < 4.78 is 49.5. The molecule has 180 valence electrons. The zero-order valence-corrected chi connectivity index (χ0v) is 21.3. The number of hydrogen-bond acceptors (Lipinski definition) is 7. The Balaban J connectivity index is 1.54. The lowest BCUT2D eigenvalue weighted by Gasteiger charge is -2.12. The van der Waals surface area contributed by atoms with Crippen LogP contribution in [-0.4, -0.2) is 31.6 Å². The van der Waals surface area contributed by atoms with Crippen LogP contribution in [0.1, 0.15) is 11.1 Å². The highest BCUT2D eigenvalue weighted by Gasteiger charge is 2.35. The normalized spacial score (nSPS) is 15.1. The number of benzene rings is 3. The Morgan fingerprint density at radius 2 is 1.69 bits per heavy atom. The zero-order chi connectivity index (χ0) is 25.2. The summed E-state index contributed by atoms with van der Waals surface area (Å²) in [6.45, 7) is 0.145. The predicted octanol–water partition coefficient (Wildman–Crippen LogP) is 5.60. The van der Waals surface area contributed by atoms with Gasteiger partial charge in [0.25, 0.3) is 11.1 Å². The van der Waals surface area contributed by atoms with Crippen molar-refractivity contribution in [2.45, 2.75) is 11.4 Å². The van der Waals surface area contributed by atoms with Gasteiger partial charge in [0, 0.05) is 4.47 Å². The number of amides is 2. The molecule has 11 heteroatoms. The van der Waals surface area contributed by atoms with Crippen LogP contribution in [-0.2, 0) is 21.5 Å². The number of rotatable bonds is 7. The summed E-state index contributed by atoms with van der Waals surface area (Å²) in [5.74, 6) is -0.996. The van der Waals surface area contributed by atoms with Crippen molar-refractivity contribution in [3.05, 3.63) is 93.1 Å². The monoisotopic (exact) mass is 577 g/mol. The molecule has 0 atom stereocenters. The van der Waals surface area contributed by atoms with Gasteiger partial charge < -0.3 is 8.92 Å². The number of imide groups is 1. The fourth-order valence-electron chi connectivity index (χ4n) is 3.17. The Labute approximate surface area is 213 Å². The van der Waals surface area contributed by atoms with Gasteiger partial charge in [-0.1, -0.05) is 34.1 Å². The van der Waals surface area contributed by atoms with Gasteiger partial charge in [0.05, 0.1) is 18.6 Å². The summed E-state index contributed by atoms with van der Waals surface area (Å²) in [5.41, 5.74) is 1.31. The van der Waals surface area contributed by atoms with Crippen molar-refractivity contribution in [1.29, 1.82) is 0 Å². The number of ether oxygens (including phenoxy) is 1. The van der Waals surface area contributed by atoms with Gasteiger partial charge in [0.2, 0.25) is 0 Å². The number of halogens is 2. The van der Waals surface area contributed by atoms with E-state index in [0.29, 0.717) is 5.56 Å². The van der Waals surface area contributed by atoms with Crippen LogP contribution in [0.3, 0.4) is 0 Å². The second-order valence-corrected chi connectivity index (χ2v) is 10.8. The highest BCUT2D eigenvalue weighted by Crippen LogP contribution is 2.36.